The summed E-state index contributed by atoms with van der Waals surface area (Å²) in [6.07, 6.45) is 0. The van der Waals surface area contributed by atoms with Crippen LogP contribution in [0.4, 0.5) is 10.1 Å². The zero-order chi connectivity index (χ0) is 20.9. The Morgan fingerprint density at radius 1 is 1.18 bits per heavy atom. The summed E-state index contributed by atoms with van der Waals surface area (Å²) in [5.41, 5.74) is -0.00650. The van der Waals surface area contributed by atoms with Crippen LogP contribution in [0.5, 0.6) is 0 Å². The molecule has 1 aromatic carbocycles. The topological polar surface area (TPSA) is 113 Å². The SMILES string of the molecule is CCN(CC)S(=O)(=O)CC(=O)Nc1ccc(F)c(S(=O)(=O)N2CCOCC2)c1. The van der Waals surface area contributed by atoms with Gasteiger partial charge in [-0.1, -0.05) is 13.8 Å². The van der Waals surface area contributed by atoms with E-state index in [4.69, 9.17) is 4.74 Å². The number of halogens is 1. The lowest BCUT2D eigenvalue weighted by Gasteiger charge is -2.26. The Labute approximate surface area is 164 Å². The van der Waals surface area contributed by atoms with Gasteiger partial charge in [-0.3, -0.25) is 4.79 Å². The van der Waals surface area contributed by atoms with E-state index in [0.717, 1.165) is 20.7 Å². The highest BCUT2D eigenvalue weighted by Gasteiger charge is 2.29. The number of anilines is 1. The third-order valence-electron chi connectivity index (χ3n) is 4.22. The van der Waals surface area contributed by atoms with Gasteiger partial charge in [-0.15, -0.1) is 0 Å². The maximum Gasteiger partial charge on any atom is 0.246 e. The first-order valence-corrected chi connectivity index (χ1v) is 11.8. The van der Waals surface area contributed by atoms with E-state index in [1.54, 1.807) is 13.8 Å². The maximum atomic E-state index is 14.2. The number of hydrogen-bond acceptors (Lipinski definition) is 6. The van der Waals surface area contributed by atoms with Gasteiger partial charge in [-0.2, -0.15) is 4.31 Å². The van der Waals surface area contributed by atoms with Crippen LogP contribution in [0.3, 0.4) is 0 Å². The smallest absolute Gasteiger partial charge is 0.246 e. The highest BCUT2D eigenvalue weighted by atomic mass is 32.2. The van der Waals surface area contributed by atoms with Gasteiger partial charge in [0.2, 0.25) is 26.0 Å². The van der Waals surface area contributed by atoms with E-state index in [0.29, 0.717) is 0 Å². The minimum Gasteiger partial charge on any atom is -0.379 e. The monoisotopic (exact) mass is 437 g/mol. The number of carbonyl (C=O) groups is 1. The first-order valence-electron chi connectivity index (χ1n) is 8.77. The van der Waals surface area contributed by atoms with Crippen LogP contribution in [0, 0.1) is 5.82 Å². The number of ether oxygens (including phenoxy) is 1. The Hall–Kier alpha value is -1.60. The van der Waals surface area contributed by atoms with Crippen LogP contribution in [0.25, 0.3) is 0 Å². The summed E-state index contributed by atoms with van der Waals surface area (Å²) in [6.45, 7) is 4.38. The number of nitrogens with one attached hydrogen (secondary N) is 1. The number of rotatable bonds is 8. The molecule has 158 valence electrons. The molecule has 1 aliphatic heterocycles. The number of morpholine rings is 1. The number of nitrogens with zero attached hydrogens (tertiary/aromatic N) is 2. The summed E-state index contributed by atoms with van der Waals surface area (Å²) >= 11 is 0. The van der Waals surface area contributed by atoms with Crippen LogP contribution in [0.1, 0.15) is 13.8 Å². The number of benzene rings is 1. The van der Waals surface area contributed by atoms with Crippen molar-refractivity contribution in [2.75, 3.05) is 50.5 Å². The molecule has 0 atom stereocenters. The molecule has 0 bridgehead atoms. The molecule has 0 aliphatic carbocycles. The van der Waals surface area contributed by atoms with Gasteiger partial charge in [-0.25, -0.2) is 25.5 Å². The van der Waals surface area contributed by atoms with Crippen LogP contribution in [0.15, 0.2) is 23.1 Å². The molecule has 9 nitrogen and oxygen atoms in total. The zero-order valence-corrected chi connectivity index (χ0v) is 17.4. The molecule has 0 radical (unpaired) electrons. The second-order valence-electron chi connectivity index (χ2n) is 6.05. The molecule has 2 rings (SSSR count). The Balaban J connectivity index is 2.20. The Kier molecular flexibility index (Phi) is 7.51. The van der Waals surface area contributed by atoms with Gasteiger partial charge < -0.3 is 10.1 Å². The van der Waals surface area contributed by atoms with Gasteiger partial charge >= 0.3 is 0 Å². The summed E-state index contributed by atoms with van der Waals surface area (Å²) in [7, 11) is -7.91. The molecule has 1 saturated heterocycles. The highest BCUT2D eigenvalue weighted by molar-refractivity contribution is 7.89. The molecule has 1 aromatic rings. The van der Waals surface area contributed by atoms with E-state index in [1.807, 2.05) is 0 Å². The largest absolute Gasteiger partial charge is 0.379 e. The number of hydrogen-bond donors (Lipinski definition) is 1. The van der Waals surface area contributed by atoms with Crippen LogP contribution < -0.4 is 5.32 Å². The van der Waals surface area contributed by atoms with E-state index in [9.17, 15) is 26.0 Å². The molecule has 1 amide bonds. The first-order chi connectivity index (χ1) is 13.1. The van der Waals surface area contributed by atoms with Crippen molar-refractivity contribution in [3.63, 3.8) is 0 Å². The predicted molar refractivity (Wildman–Crippen MR) is 101 cm³/mol. The molecule has 1 heterocycles. The quantitative estimate of drug-likeness (QED) is 0.632. The molecule has 0 saturated carbocycles. The summed E-state index contributed by atoms with van der Waals surface area (Å²) in [5, 5.41) is 2.32. The van der Waals surface area contributed by atoms with Crippen molar-refractivity contribution in [2.24, 2.45) is 0 Å². The minimum absolute atomic E-state index is 0.00650. The first kappa shape index (κ1) is 22.7. The second kappa shape index (κ2) is 9.27. The highest BCUT2D eigenvalue weighted by Crippen LogP contribution is 2.24. The van der Waals surface area contributed by atoms with Gasteiger partial charge in [-0.05, 0) is 18.2 Å². The lowest BCUT2D eigenvalue weighted by Crippen LogP contribution is -2.41. The van der Waals surface area contributed by atoms with Gasteiger partial charge in [0.15, 0.2) is 0 Å². The molecule has 1 N–H and O–H groups in total. The molecule has 28 heavy (non-hydrogen) atoms. The molecular formula is C16H24FN3O6S2. The van der Waals surface area contributed by atoms with Crippen molar-refractivity contribution >= 4 is 31.6 Å². The third kappa shape index (κ3) is 5.26. The molecular weight excluding hydrogens is 413 g/mol. The van der Waals surface area contributed by atoms with E-state index in [2.05, 4.69) is 5.32 Å². The van der Waals surface area contributed by atoms with Crippen LogP contribution in [-0.2, 0) is 29.6 Å². The van der Waals surface area contributed by atoms with Crippen molar-refractivity contribution < 1.29 is 30.8 Å². The van der Waals surface area contributed by atoms with E-state index >= 15 is 0 Å². The number of sulfonamides is 2. The Morgan fingerprint density at radius 2 is 1.79 bits per heavy atom. The normalized spacial score (nSPS) is 16.3. The molecule has 1 fully saturated rings. The lowest BCUT2D eigenvalue weighted by atomic mass is 10.3. The summed E-state index contributed by atoms with van der Waals surface area (Å²) < 4.78 is 71.2. The average Bonchev–Trinajstić information content (AvgIpc) is 2.64. The van der Waals surface area contributed by atoms with E-state index in [-0.39, 0.29) is 45.1 Å². The van der Waals surface area contributed by atoms with Crippen molar-refractivity contribution in [3.8, 4) is 0 Å². The van der Waals surface area contributed by atoms with Gasteiger partial charge in [0, 0.05) is 31.9 Å². The van der Waals surface area contributed by atoms with Gasteiger partial charge in [0.05, 0.1) is 13.2 Å². The Morgan fingerprint density at radius 3 is 2.36 bits per heavy atom. The standard InChI is InChI=1S/C16H24FN3O6S2/c1-3-19(4-2)27(22,23)12-16(21)18-13-5-6-14(17)15(11-13)28(24,25)20-7-9-26-10-8-20/h5-6,11H,3-4,7-10,12H2,1-2H3,(H,18,21). The minimum atomic E-state index is -4.11. The zero-order valence-electron chi connectivity index (χ0n) is 15.7. The van der Waals surface area contributed by atoms with Crippen LogP contribution >= 0.6 is 0 Å². The van der Waals surface area contributed by atoms with Crippen LogP contribution in [0.2, 0.25) is 0 Å². The molecule has 12 heteroatoms. The number of carbonyl (C=O) groups excluding carboxylic acids is 1. The predicted octanol–water partition coefficient (Wildman–Crippen LogP) is 0.457. The number of amides is 1. The van der Waals surface area contributed by atoms with E-state index in [1.165, 1.54) is 6.07 Å². The maximum absolute atomic E-state index is 14.2. The second-order valence-corrected chi connectivity index (χ2v) is 9.93. The molecule has 1 aliphatic rings. The molecule has 0 spiro atoms. The van der Waals surface area contributed by atoms with Crippen molar-refractivity contribution in [2.45, 2.75) is 18.7 Å². The van der Waals surface area contributed by atoms with E-state index < -0.39 is 42.4 Å². The average molecular weight is 438 g/mol. The van der Waals surface area contributed by atoms with Crippen molar-refractivity contribution in [1.82, 2.24) is 8.61 Å². The van der Waals surface area contributed by atoms with Crippen molar-refractivity contribution in [3.05, 3.63) is 24.0 Å². The lowest BCUT2D eigenvalue weighted by molar-refractivity contribution is -0.113. The fourth-order valence-electron chi connectivity index (χ4n) is 2.78. The summed E-state index contributed by atoms with van der Waals surface area (Å²) in [6, 6.07) is 3.08. The Bertz CT molecular complexity index is 910. The summed E-state index contributed by atoms with van der Waals surface area (Å²) in [5.74, 6) is -2.59. The van der Waals surface area contributed by atoms with Crippen LogP contribution in [-0.4, -0.2) is 76.5 Å². The summed E-state index contributed by atoms with van der Waals surface area (Å²) in [4.78, 5) is 11.5. The molecule has 0 aromatic heterocycles. The molecule has 0 unspecified atom stereocenters. The van der Waals surface area contributed by atoms with Gasteiger partial charge in [0.1, 0.15) is 16.5 Å². The van der Waals surface area contributed by atoms with Gasteiger partial charge in [0.25, 0.3) is 0 Å². The van der Waals surface area contributed by atoms with Crippen molar-refractivity contribution in [1.29, 1.82) is 0 Å². The fourth-order valence-corrected chi connectivity index (χ4v) is 5.65. The third-order valence-corrected chi connectivity index (χ3v) is 8.06. The fraction of sp³-hybridized carbons (Fsp3) is 0.562.